The first-order valence-corrected chi connectivity index (χ1v) is 20.2. The van der Waals surface area contributed by atoms with Crippen molar-refractivity contribution in [1.82, 2.24) is 20.0 Å². The van der Waals surface area contributed by atoms with Crippen LogP contribution in [0.4, 0.5) is 11.4 Å². The van der Waals surface area contributed by atoms with E-state index in [9.17, 15) is 29.5 Å². The monoisotopic (exact) mass is 775 g/mol. The highest BCUT2D eigenvalue weighted by Gasteiger charge is 2.46. The second kappa shape index (κ2) is 14.2. The van der Waals surface area contributed by atoms with Gasteiger partial charge in [0.15, 0.2) is 6.23 Å². The maximum Gasteiger partial charge on any atom is 0.257 e. The van der Waals surface area contributed by atoms with Crippen molar-refractivity contribution in [2.24, 2.45) is 5.41 Å². The fraction of sp³-hybridized carbons (Fsp3) is 0.465. The highest BCUT2D eigenvalue weighted by Crippen LogP contribution is 2.46. The number of nitrogens with zero attached hydrogens (tertiary/aromatic N) is 6. The molecule has 6 heterocycles. The van der Waals surface area contributed by atoms with E-state index in [0.29, 0.717) is 33.8 Å². The summed E-state index contributed by atoms with van der Waals surface area (Å²) in [6.45, 7) is 7.92. The molecule has 290 valence electrons. The number of likely N-dealkylation sites (tertiary alicyclic amines) is 1. The summed E-state index contributed by atoms with van der Waals surface area (Å²) in [6, 6.07) is 19.6. The Balaban J connectivity index is 0.766. The molecule has 0 radical (unpaired) electrons. The van der Waals surface area contributed by atoms with Crippen molar-refractivity contribution < 1.29 is 24.3 Å². The number of halogens is 1. The zero-order valence-electron chi connectivity index (χ0n) is 31.5. The topological polar surface area (TPSA) is 141 Å². The summed E-state index contributed by atoms with van der Waals surface area (Å²) in [4.78, 5) is 61.7. The van der Waals surface area contributed by atoms with Crippen LogP contribution in [-0.2, 0) is 22.7 Å². The summed E-state index contributed by atoms with van der Waals surface area (Å²) in [7, 11) is 0. The number of rotatable bonds is 5. The first-order chi connectivity index (χ1) is 27.0. The van der Waals surface area contributed by atoms with E-state index in [2.05, 4.69) is 45.1 Å². The average Bonchev–Trinajstić information content (AvgIpc) is 3.84. The van der Waals surface area contributed by atoms with Gasteiger partial charge in [-0.25, -0.2) is 0 Å². The van der Waals surface area contributed by atoms with Gasteiger partial charge in [-0.05, 0) is 117 Å². The molecule has 3 aromatic rings. The second-order valence-corrected chi connectivity index (χ2v) is 17.1. The summed E-state index contributed by atoms with van der Waals surface area (Å²) in [5.41, 5.74) is 6.68. The number of aliphatic hydroxyl groups excluding tert-OH is 1. The van der Waals surface area contributed by atoms with Crippen LogP contribution >= 0.6 is 11.6 Å². The van der Waals surface area contributed by atoms with Gasteiger partial charge in [0, 0.05) is 92.4 Å². The highest BCUT2D eigenvalue weighted by molar-refractivity contribution is 6.32. The summed E-state index contributed by atoms with van der Waals surface area (Å²) in [5.74, 6) is -1.18. The SMILES string of the molecule is C[C@H]1CC2(CCN(C(=O)c3ccc(N4CCC(N5Cc6cc7c(cc6C5)C(O)N(C5CCC(=O)NC5=O)C7=O)CC4)cc3)CC2)CN1c1ccc(C#N)c(Cl)c1. The predicted octanol–water partition coefficient (Wildman–Crippen LogP) is 4.97. The van der Waals surface area contributed by atoms with Gasteiger partial charge in [0.2, 0.25) is 11.8 Å². The average molecular weight is 776 g/mol. The second-order valence-electron chi connectivity index (χ2n) is 16.7. The maximum atomic E-state index is 13.6. The van der Waals surface area contributed by atoms with Crippen LogP contribution in [0.1, 0.15) is 101 Å². The lowest BCUT2D eigenvalue weighted by molar-refractivity contribution is -0.139. The molecule has 56 heavy (non-hydrogen) atoms. The van der Waals surface area contributed by atoms with E-state index in [1.165, 1.54) is 4.90 Å². The Bertz CT molecular complexity index is 2150. The first kappa shape index (κ1) is 36.7. The van der Waals surface area contributed by atoms with E-state index in [-0.39, 0.29) is 36.0 Å². The van der Waals surface area contributed by atoms with Crippen LogP contribution < -0.4 is 15.1 Å². The Morgan fingerprint density at radius 3 is 2.30 bits per heavy atom. The summed E-state index contributed by atoms with van der Waals surface area (Å²) in [5, 5.41) is 23.2. The molecule has 13 heteroatoms. The van der Waals surface area contributed by atoms with E-state index < -0.39 is 18.2 Å². The van der Waals surface area contributed by atoms with E-state index >= 15 is 0 Å². The third kappa shape index (κ3) is 6.39. The molecule has 1 spiro atoms. The molecule has 6 aliphatic heterocycles. The number of nitrogens with one attached hydrogen (secondary N) is 1. The Hall–Kier alpha value is -4.96. The maximum absolute atomic E-state index is 13.6. The molecule has 0 bridgehead atoms. The van der Waals surface area contributed by atoms with Gasteiger partial charge in [0.1, 0.15) is 12.1 Å². The Morgan fingerprint density at radius 1 is 0.929 bits per heavy atom. The van der Waals surface area contributed by atoms with Crippen LogP contribution in [0.25, 0.3) is 0 Å². The minimum atomic E-state index is -1.21. The van der Waals surface area contributed by atoms with Gasteiger partial charge < -0.3 is 19.8 Å². The molecule has 4 amide bonds. The Labute approximate surface area is 331 Å². The number of hydrogen-bond acceptors (Lipinski definition) is 9. The molecular formula is C43H46ClN7O5. The number of anilines is 2. The quantitative estimate of drug-likeness (QED) is 0.344. The molecule has 3 aromatic carbocycles. The lowest BCUT2D eigenvalue weighted by atomic mass is 9.76. The Morgan fingerprint density at radius 2 is 1.62 bits per heavy atom. The fourth-order valence-electron chi connectivity index (χ4n) is 10.3. The number of hydrogen-bond donors (Lipinski definition) is 2. The van der Waals surface area contributed by atoms with Crippen LogP contribution in [0.5, 0.6) is 0 Å². The molecule has 0 aromatic heterocycles. The van der Waals surface area contributed by atoms with E-state index in [1.807, 2.05) is 41.3 Å². The minimum absolute atomic E-state index is 0.0874. The molecule has 3 atom stereocenters. The van der Waals surface area contributed by atoms with Gasteiger partial charge in [0.05, 0.1) is 10.6 Å². The molecule has 0 saturated carbocycles. The Kier molecular flexibility index (Phi) is 9.30. The number of benzene rings is 3. The number of fused-ring (bicyclic) bond motifs is 2. The van der Waals surface area contributed by atoms with Gasteiger partial charge in [-0.1, -0.05) is 11.6 Å². The fourth-order valence-corrected chi connectivity index (χ4v) is 10.5. The third-order valence-corrected chi connectivity index (χ3v) is 13.7. The van der Waals surface area contributed by atoms with E-state index in [1.54, 1.807) is 6.07 Å². The van der Waals surface area contributed by atoms with Crippen LogP contribution in [0, 0.1) is 16.7 Å². The van der Waals surface area contributed by atoms with E-state index in [4.69, 9.17) is 11.6 Å². The summed E-state index contributed by atoms with van der Waals surface area (Å²) >= 11 is 6.36. The summed E-state index contributed by atoms with van der Waals surface area (Å²) < 4.78 is 0. The molecule has 12 nitrogen and oxygen atoms in total. The zero-order valence-corrected chi connectivity index (χ0v) is 32.3. The normalized spacial score (nSPS) is 25.1. The molecule has 9 rings (SSSR count). The lowest BCUT2D eigenvalue weighted by Gasteiger charge is -2.39. The number of carbonyl (C=O) groups is 4. The van der Waals surface area contributed by atoms with Crippen molar-refractivity contribution in [3.05, 3.63) is 93.0 Å². The molecule has 4 saturated heterocycles. The lowest BCUT2D eigenvalue weighted by Crippen LogP contribution is -2.53. The van der Waals surface area contributed by atoms with Crippen LogP contribution in [0.2, 0.25) is 5.02 Å². The molecule has 2 N–H and O–H groups in total. The summed E-state index contributed by atoms with van der Waals surface area (Å²) in [6.07, 6.45) is 4.10. The smallest absolute Gasteiger partial charge is 0.257 e. The van der Waals surface area contributed by atoms with Crippen molar-refractivity contribution in [2.45, 2.75) is 89.3 Å². The van der Waals surface area contributed by atoms with Crippen LogP contribution in [0.3, 0.4) is 0 Å². The standard InChI is InChI=1S/C43H46ClN7O5/c1-26-21-43(25-50(26)33-7-4-28(22-45)36(44)20-33)12-16-48(17-13-43)40(54)27-2-5-31(6-3-27)47-14-10-32(11-15-47)49-23-29-18-34-35(19-30(29)24-49)42(56)51(41(34)55)37-8-9-38(52)46-39(37)53/h2-7,18-20,26,32,37,41,55H,8-17,21,23-25H2,1H3,(H,46,52,53)/t26-,37?,41?/m0/s1. The number of piperidine rings is 3. The van der Waals surface area contributed by atoms with E-state index in [0.717, 1.165) is 106 Å². The molecule has 4 fully saturated rings. The van der Waals surface area contributed by atoms with Gasteiger partial charge in [0.25, 0.3) is 11.8 Å². The molecular weight excluding hydrogens is 730 g/mol. The van der Waals surface area contributed by atoms with Gasteiger partial charge in [-0.3, -0.25) is 34.3 Å². The number of amides is 4. The van der Waals surface area contributed by atoms with Crippen molar-refractivity contribution in [3.8, 4) is 6.07 Å². The predicted molar refractivity (Wildman–Crippen MR) is 210 cm³/mol. The first-order valence-electron chi connectivity index (χ1n) is 19.9. The molecule has 0 aliphatic carbocycles. The van der Waals surface area contributed by atoms with Gasteiger partial charge in [-0.15, -0.1) is 0 Å². The van der Waals surface area contributed by atoms with Crippen LogP contribution in [-0.4, -0.2) is 94.3 Å². The number of aliphatic hydroxyl groups is 1. The van der Waals surface area contributed by atoms with Crippen LogP contribution in [0.15, 0.2) is 54.6 Å². The van der Waals surface area contributed by atoms with Crippen molar-refractivity contribution in [3.63, 3.8) is 0 Å². The van der Waals surface area contributed by atoms with Crippen molar-refractivity contribution in [2.75, 3.05) is 42.5 Å². The molecule has 6 aliphatic rings. The molecule has 2 unspecified atom stereocenters. The zero-order chi connectivity index (χ0) is 38.9. The van der Waals surface area contributed by atoms with Gasteiger partial charge >= 0.3 is 0 Å². The third-order valence-electron chi connectivity index (χ3n) is 13.4. The number of imide groups is 1. The number of nitriles is 1. The van der Waals surface area contributed by atoms with Gasteiger partial charge in [-0.2, -0.15) is 5.26 Å². The van der Waals surface area contributed by atoms with Crippen molar-refractivity contribution >= 4 is 46.6 Å². The number of carbonyl (C=O) groups excluding carboxylic acids is 4. The van der Waals surface area contributed by atoms with Crippen molar-refractivity contribution in [1.29, 1.82) is 5.26 Å². The highest BCUT2D eigenvalue weighted by atomic mass is 35.5. The minimum Gasteiger partial charge on any atom is -0.371 e. The largest absolute Gasteiger partial charge is 0.371 e.